The molecule has 0 aliphatic heterocycles. The number of hydrogen-bond acceptors (Lipinski definition) is 4. The van der Waals surface area contributed by atoms with Gasteiger partial charge in [-0.05, 0) is 40.5 Å². The van der Waals surface area contributed by atoms with Crippen molar-refractivity contribution >= 4 is 38.3 Å². The lowest BCUT2D eigenvalue weighted by molar-refractivity contribution is 0.102. The second kappa shape index (κ2) is 8.47. The van der Waals surface area contributed by atoms with Crippen LogP contribution in [0.1, 0.15) is 28.6 Å². The van der Waals surface area contributed by atoms with E-state index in [-0.39, 0.29) is 5.91 Å². The smallest absolute Gasteiger partial charge is 0.257 e. The van der Waals surface area contributed by atoms with Crippen LogP contribution in [0.15, 0.2) is 53.0 Å². The molecule has 1 amide bonds. The Bertz CT molecular complexity index is 909. The number of anilines is 1. The van der Waals surface area contributed by atoms with Gasteiger partial charge in [0.05, 0.1) is 17.3 Å². The highest BCUT2D eigenvalue weighted by Crippen LogP contribution is 2.32. The van der Waals surface area contributed by atoms with Crippen LogP contribution in [0.5, 0.6) is 5.75 Å². The van der Waals surface area contributed by atoms with E-state index in [0.29, 0.717) is 16.4 Å². The first-order valence-corrected chi connectivity index (χ1v) is 9.93. The lowest BCUT2D eigenvalue weighted by atomic mass is 10.1. The summed E-state index contributed by atoms with van der Waals surface area (Å²) in [5.41, 5.74) is 2.56. The average Bonchev–Trinajstić information content (AvgIpc) is 3.05. The van der Waals surface area contributed by atoms with Crippen LogP contribution in [0.3, 0.4) is 0 Å². The van der Waals surface area contributed by atoms with Gasteiger partial charge in [0.2, 0.25) is 0 Å². The lowest BCUT2D eigenvalue weighted by Crippen LogP contribution is -2.11. The van der Waals surface area contributed by atoms with E-state index in [2.05, 4.69) is 33.2 Å². The van der Waals surface area contributed by atoms with Crippen LogP contribution in [0.2, 0.25) is 0 Å². The Kier molecular flexibility index (Phi) is 6.06. The first-order chi connectivity index (χ1) is 12.6. The van der Waals surface area contributed by atoms with Crippen molar-refractivity contribution in [2.75, 3.05) is 12.4 Å². The monoisotopic (exact) mass is 430 g/mol. The van der Waals surface area contributed by atoms with E-state index < -0.39 is 0 Å². The van der Waals surface area contributed by atoms with E-state index in [4.69, 9.17) is 4.74 Å². The maximum atomic E-state index is 12.6. The molecule has 0 spiro atoms. The second-order valence-corrected chi connectivity index (χ2v) is 7.65. The Balaban J connectivity index is 1.85. The Morgan fingerprint density at radius 2 is 2.00 bits per heavy atom. The number of nitrogens with one attached hydrogen (secondary N) is 1. The molecule has 0 radical (unpaired) electrons. The summed E-state index contributed by atoms with van der Waals surface area (Å²) in [6, 6.07) is 15.3. The normalized spacial score (nSPS) is 10.6. The quantitative estimate of drug-likeness (QED) is 0.538. The van der Waals surface area contributed by atoms with Crippen molar-refractivity contribution in [2.24, 2.45) is 0 Å². The van der Waals surface area contributed by atoms with Gasteiger partial charge in [-0.25, -0.2) is 4.98 Å². The molecular formula is C20H19BrN2O2S. The number of methoxy groups -OCH3 is 1. The number of aromatic nitrogens is 1. The Morgan fingerprint density at radius 1 is 1.23 bits per heavy atom. The zero-order chi connectivity index (χ0) is 18.5. The fraction of sp³-hybridized carbons (Fsp3) is 0.200. The maximum Gasteiger partial charge on any atom is 0.257 e. The summed E-state index contributed by atoms with van der Waals surface area (Å²) < 4.78 is 5.94. The molecular weight excluding hydrogens is 412 g/mol. The first-order valence-electron chi connectivity index (χ1n) is 8.32. The van der Waals surface area contributed by atoms with Crippen molar-refractivity contribution in [2.45, 2.75) is 19.8 Å². The fourth-order valence-electron chi connectivity index (χ4n) is 2.60. The number of aryl methyl sites for hydroxylation is 1. The molecule has 6 heteroatoms. The van der Waals surface area contributed by atoms with Crippen LogP contribution in [0.4, 0.5) is 5.13 Å². The van der Waals surface area contributed by atoms with E-state index in [1.807, 2.05) is 30.3 Å². The van der Waals surface area contributed by atoms with E-state index in [1.54, 1.807) is 25.3 Å². The zero-order valence-corrected chi connectivity index (χ0v) is 17.0. The molecule has 26 heavy (non-hydrogen) atoms. The van der Waals surface area contributed by atoms with Crippen molar-refractivity contribution in [3.05, 3.63) is 63.4 Å². The number of hydrogen-bond donors (Lipinski definition) is 1. The number of halogens is 1. The number of carbonyl (C=O) groups excluding carboxylic acids is 1. The predicted octanol–water partition coefficient (Wildman–Crippen LogP) is 5.79. The third kappa shape index (κ3) is 4.14. The van der Waals surface area contributed by atoms with Crippen molar-refractivity contribution in [1.82, 2.24) is 4.98 Å². The summed E-state index contributed by atoms with van der Waals surface area (Å²) in [7, 11) is 1.59. The summed E-state index contributed by atoms with van der Waals surface area (Å²) in [6.45, 7) is 2.14. The molecule has 0 saturated carbocycles. The van der Waals surface area contributed by atoms with Gasteiger partial charge in [0.1, 0.15) is 5.75 Å². The largest absolute Gasteiger partial charge is 0.496 e. The molecule has 0 aliphatic rings. The molecule has 3 rings (SSSR count). The summed E-state index contributed by atoms with van der Waals surface area (Å²) in [6.07, 6.45) is 1.96. The van der Waals surface area contributed by atoms with E-state index in [0.717, 1.165) is 28.6 Å². The SMILES string of the molecule is CCCc1sc(NC(=O)c2ccc(OC)c(Br)c2)nc1-c1ccccc1. The highest BCUT2D eigenvalue weighted by molar-refractivity contribution is 9.10. The van der Waals surface area contributed by atoms with Gasteiger partial charge in [0.25, 0.3) is 5.91 Å². The molecule has 0 unspecified atom stereocenters. The molecule has 1 heterocycles. The van der Waals surface area contributed by atoms with Gasteiger partial charge in [0, 0.05) is 16.0 Å². The summed E-state index contributed by atoms with van der Waals surface area (Å²) >= 11 is 4.94. The van der Waals surface area contributed by atoms with Gasteiger partial charge in [-0.15, -0.1) is 11.3 Å². The maximum absolute atomic E-state index is 12.6. The minimum Gasteiger partial charge on any atom is -0.496 e. The third-order valence-corrected chi connectivity index (χ3v) is 5.51. The molecule has 0 fully saturated rings. The van der Waals surface area contributed by atoms with Crippen LogP contribution in [-0.4, -0.2) is 18.0 Å². The van der Waals surface area contributed by atoms with Crippen molar-refractivity contribution in [3.63, 3.8) is 0 Å². The summed E-state index contributed by atoms with van der Waals surface area (Å²) in [5.74, 6) is 0.497. The average molecular weight is 431 g/mol. The molecule has 2 aromatic carbocycles. The van der Waals surface area contributed by atoms with E-state index >= 15 is 0 Å². The van der Waals surface area contributed by atoms with Gasteiger partial charge in [0.15, 0.2) is 5.13 Å². The molecule has 4 nitrogen and oxygen atoms in total. The van der Waals surface area contributed by atoms with E-state index in [9.17, 15) is 4.79 Å². The summed E-state index contributed by atoms with van der Waals surface area (Å²) in [4.78, 5) is 18.4. The Hall–Kier alpha value is -2.18. The number of ether oxygens (including phenoxy) is 1. The van der Waals surface area contributed by atoms with Crippen molar-refractivity contribution in [3.8, 4) is 17.0 Å². The number of rotatable bonds is 6. The van der Waals surface area contributed by atoms with Gasteiger partial charge in [-0.3, -0.25) is 10.1 Å². The topological polar surface area (TPSA) is 51.2 Å². The van der Waals surface area contributed by atoms with Gasteiger partial charge < -0.3 is 4.74 Å². The molecule has 0 bridgehead atoms. The zero-order valence-electron chi connectivity index (χ0n) is 14.6. The van der Waals surface area contributed by atoms with Crippen molar-refractivity contribution in [1.29, 1.82) is 0 Å². The number of benzene rings is 2. The van der Waals surface area contributed by atoms with Crippen LogP contribution in [-0.2, 0) is 6.42 Å². The van der Waals surface area contributed by atoms with Crippen LogP contribution >= 0.6 is 27.3 Å². The standard InChI is InChI=1S/C20H19BrN2O2S/c1-3-7-17-18(13-8-5-4-6-9-13)22-20(26-17)23-19(24)14-10-11-16(25-2)15(21)12-14/h4-6,8-12H,3,7H2,1-2H3,(H,22,23,24). The van der Waals surface area contributed by atoms with Crippen LogP contribution < -0.4 is 10.1 Å². The molecule has 0 saturated heterocycles. The van der Waals surface area contributed by atoms with Crippen LogP contribution in [0.25, 0.3) is 11.3 Å². The molecule has 134 valence electrons. The summed E-state index contributed by atoms with van der Waals surface area (Å²) in [5, 5.41) is 3.53. The van der Waals surface area contributed by atoms with E-state index in [1.165, 1.54) is 16.2 Å². The predicted molar refractivity (Wildman–Crippen MR) is 110 cm³/mol. The minimum absolute atomic E-state index is 0.190. The lowest BCUT2D eigenvalue weighted by Gasteiger charge is -2.06. The van der Waals surface area contributed by atoms with Gasteiger partial charge >= 0.3 is 0 Å². The number of nitrogens with zero attached hydrogens (tertiary/aromatic N) is 1. The highest BCUT2D eigenvalue weighted by Gasteiger charge is 2.16. The second-order valence-electron chi connectivity index (χ2n) is 5.71. The Morgan fingerprint density at radius 3 is 2.65 bits per heavy atom. The Labute approximate surface area is 165 Å². The van der Waals surface area contributed by atoms with Crippen molar-refractivity contribution < 1.29 is 9.53 Å². The minimum atomic E-state index is -0.190. The number of thiazole rings is 1. The highest BCUT2D eigenvalue weighted by atomic mass is 79.9. The fourth-order valence-corrected chi connectivity index (χ4v) is 4.22. The number of amides is 1. The third-order valence-electron chi connectivity index (χ3n) is 3.86. The first kappa shape index (κ1) is 18.6. The molecule has 3 aromatic rings. The molecule has 0 aliphatic carbocycles. The van der Waals surface area contributed by atoms with Crippen LogP contribution in [0, 0.1) is 0 Å². The molecule has 1 aromatic heterocycles. The molecule has 1 N–H and O–H groups in total. The van der Waals surface area contributed by atoms with Gasteiger partial charge in [-0.1, -0.05) is 43.7 Å². The van der Waals surface area contributed by atoms with Gasteiger partial charge in [-0.2, -0.15) is 0 Å². The molecule has 0 atom stereocenters. The number of carbonyl (C=O) groups is 1.